The van der Waals surface area contributed by atoms with E-state index in [0.29, 0.717) is 31.8 Å². The summed E-state index contributed by atoms with van der Waals surface area (Å²) in [6.45, 7) is 5.35. The first-order valence-electron chi connectivity index (χ1n) is 11.3. The van der Waals surface area contributed by atoms with E-state index in [1.807, 2.05) is 44.3 Å². The number of carbonyl (C=O) groups excluding carboxylic acids is 1. The lowest BCUT2D eigenvalue weighted by atomic mass is 9.95. The van der Waals surface area contributed by atoms with Gasteiger partial charge in [-0.1, -0.05) is 49.4 Å². The quantitative estimate of drug-likeness (QED) is 0.382. The fourth-order valence-corrected chi connectivity index (χ4v) is 3.78. The van der Waals surface area contributed by atoms with Crippen LogP contribution in [0.25, 0.3) is 11.3 Å². The topological polar surface area (TPSA) is 61.3 Å². The minimum atomic E-state index is 0.210. The van der Waals surface area contributed by atoms with Crippen LogP contribution >= 0.6 is 0 Å². The summed E-state index contributed by atoms with van der Waals surface area (Å²) >= 11 is 0. The monoisotopic (exact) mass is 432 g/mol. The SMILES string of the molecule is CCCC(=O)Cc1ccc(-c2cncc(C[C@@H](COCC)c3ccccc3)n2)cc1OC. The third-order valence-corrected chi connectivity index (χ3v) is 5.43. The minimum absolute atomic E-state index is 0.210. The Labute approximate surface area is 190 Å². The summed E-state index contributed by atoms with van der Waals surface area (Å²) in [5.74, 6) is 1.14. The first-order valence-corrected chi connectivity index (χ1v) is 11.3. The Hall–Kier alpha value is -3.05. The van der Waals surface area contributed by atoms with Gasteiger partial charge in [0.2, 0.25) is 0 Å². The van der Waals surface area contributed by atoms with Gasteiger partial charge in [-0.2, -0.15) is 0 Å². The van der Waals surface area contributed by atoms with Crippen LogP contribution in [0.3, 0.4) is 0 Å². The summed E-state index contributed by atoms with van der Waals surface area (Å²) in [5, 5.41) is 0. The standard InChI is InChI=1S/C27H32N2O3/c1-4-9-25(30)15-22-13-12-21(16-27(22)31-3)26-18-28-17-24(29-26)14-23(19-32-5-2)20-10-7-6-8-11-20/h6-8,10-13,16-18,23H,4-5,9,14-15,19H2,1-3H3/t23-/m0/s1. The van der Waals surface area contributed by atoms with Crippen molar-refractivity contribution in [1.29, 1.82) is 0 Å². The van der Waals surface area contributed by atoms with Crippen LogP contribution in [0.15, 0.2) is 60.9 Å². The van der Waals surface area contributed by atoms with Gasteiger partial charge < -0.3 is 9.47 Å². The van der Waals surface area contributed by atoms with Crippen molar-refractivity contribution in [3.8, 4) is 17.0 Å². The van der Waals surface area contributed by atoms with Gasteiger partial charge in [-0.15, -0.1) is 0 Å². The predicted molar refractivity (Wildman–Crippen MR) is 127 cm³/mol. The van der Waals surface area contributed by atoms with E-state index < -0.39 is 0 Å². The molecule has 0 spiro atoms. The zero-order chi connectivity index (χ0) is 22.8. The highest BCUT2D eigenvalue weighted by atomic mass is 16.5. The van der Waals surface area contributed by atoms with E-state index in [9.17, 15) is 4.79 Å². The Morgan fingerprint density at radius 3 is 2.59 bits per heavy atom. The number of rotatable bonds is 12. The van der Waals surface area contributed by atoms with Crippen LogP contribution in [-0.4, -0.2) is 36.1 Å². The molecule has 0 fully saturated rings. The Bertz CT molecular complexity index is 1000. The maximum Gasteiger partial charge on any atom is 0.137 e. The van der Waals surface area contributed by atoms with Crippen LogP contribution in [0.5, 0.6) is 5.75 Å². The van der Waals surface area contributed by atoms with Gasteiger partial charge in [-0.3, -0.25) is 9.78 Å². The summed E-state index contributed by atoms with van der Waals surface area (Å²) in [6, 6.07) is 16.3. The summed E-state index contributed by atoms with van der Waals surface area (Å²) in [4.78, 5) is 21.4. The fraction of sp³-hybridized carbons (Fsp3) is 0.370. The van der Waals surface area contributed by atoms with Gasteiger partial charge in [0.1, 0.15) is 11.5 Å². The lowest BCUT2D eigenvalue weighted by Gasteiger charge is -2.17. The van der Waals surface area contributed by atoms with Gasteiger partial charge in [0, 0.05) is 49.1 Å². The van der Waals surface area contributed by atoms with Gasteiger partial charge >= 0.3 is 0 Å². The molecule has 3 rings (SSSR count). The summed E-state index contributed by atoms with van der Waals surface area (Å²) in [6.07, 6.45) is 6.16. The smallest absolute Gasteiger partial charge is 0.137 e. The molecule has 1 heterocycles. The molecule has 0 N–H and O–H groups in total. The third-order valence-electron chi connectivity index (χ3n) is 5.43. The Morgan fingerprint density at radius 1 is 1.06 bits per heavy atom. The fourth-order valence-electron chi connectivity index (χ4n) is 3.78. The van der Waals surface area contributed by atoms with E-state index in [0.717, 1.165) is 35.4 Å². The number of ketones is 1. The number of ether oxygens (including phenoxy) is 2. The molecule has 0 bridgehead atoms. The van der Waals surface area contributed by atoms with E-state index in [1.165, 1.54) is 5.56 Å². The molecule has 32 heavy (non-hydrogen) atoms. The van der Waals surface area contributed by atoms with E-state index in [-0.39, 0.29) is 11.7 Å². The summed E-state index contributed by atoms with van der Waals surface area (Å²) < 4.78 is 11.3. The number of Topliss-reactive ketones (excluding diaryl/α,β-unsaturated/α-hetero) is 1. The maximum atomic E-state index is 12.1. The first kappa shape index (κ1) is 23.6. The van der Waals surface area contributed by atoms with Crippen LogP contribution in [0.2, 0.25) is 0 Å². The van der Waals surface area contributed by atoms with E-state index in [4.69, 9.17) is 14.5 Å². The van der Waals surface area contributed by atoms with Crippen molar-refractivity contribution < 1.29 is 14.3 Å². The second kappa shape index (κ2) is 12.1. The number of methoxy groups -OCH3 is 1. The molecule has 0 aliphatic heterocycles. The molecule has 0 amide bonds. The highest BCUT2D eigenvalue weighted by Gasteiger charge is 2.15. The van der Waals surface area contributed by atoms with Crippen LogP contribution in [-0.2, 0) is 22.4 Å². The highest BCUT2D eigenvalue weighted by Crippen LogP contribution is 2.28. The molecule has 5 nitrogen and oxygen atoms in total. The van der Waals surface area contributed by atoms with Crippen LogP contribution in [0.4, 0.5) is 0 Å². The number of nitrogens with zero attached hydrogens (tertiary/aromatic N) is 2. The molecular formula is C27H32N2O3. The molecule has 0 aliphatic rings. The number of benzene rings is 2. The molecular weight excluding hydrogens is 400 g/mol. The van der Waals surface area contributed by atoms with Gasteiger partial charge in [0.15, 0.2) is 0 Å². The Kier molecular flexibility index (Phi) is 8.93. The van der Waals surface area contributed by atoms with Crippen molar-refractivity contribution >= 4 is 5.78 Å². The normalized spacial score (nSPS) is 11.8. The zero-order valence-electron chi connectivity index (χ0n) is 19.2. The number of hydrogen-bond donors (Lipinski definition) is 0. The molecule has 0 radical (unpaired) electrons. The second-order valence-electron chi connectivity index (χ2n) is 7.86. The second-order valence-corrected chi connectivity index (χ2v) is 7.86. The molecule has 1 atom stereocenters. The molecule has 3 aromatic rings. The van der Waals surface area contributed by atoms with Crippen molar-refractivity contribution in [2.75, 3.05) is 20.3 Å². The molecule has 0 saturated heterocycles. The van der Waals surface area contributed by atoms with Crippen molar-refractivity contribution in [2.45, 2.75) is 45.4 Å². The van der Waals surface area contributed by atoms with Gasteiger partial charge in [0.25, 0.3) is 0 Å². The molecule has 2 aromatic carbocycles. The number of carbonyl (C=O) groups is 1. The van der Waals surface area contributed by atoms with Crippen LogP contribution in [0, 0.1) is 0 Å². The lowest BCUT2D eigenvalue weighted by molar-refractivity contribution is -0.118. The molecule has 0 aliphatic carbocycles. The van der Waals surface area contributed by atoms with Crippen LogP contribution < -0.4 is 4.74 Å². The third kappa shape index (κ3) is 6.47. The largest absolute Gasteiger partial charge is 0.496 e. The average molecular weight is 433 g/mol. The van der Waals surface area contributed by atoms with Crippen LogP contribution in [0.1, 0.15) is 49.4 Å². The first-order chi connectivity index (χ1) is 15.6. The molecule has 0 unspecified atom stereocenters. The number of aromatic nitrogens is 2. The Morgan fingerprint density at radius 2 is 1.88 bits per heavy atom. The van der Waals surface area contributed by atoms with Gasteiger partial charge in [0.05, 0.1) is 31.3 Å². The van der Waals surface area contributed by atoms with E-state index in [1.54, 1.807) is 13.3 Å². The van der Waals surface area contributed by atoms with E-state index in [2.05, 4.69) is 29.2 Å². The Balaban J connectivity index is 1.82. The predicted octanol–water partition coefficient (Wildman–Crippen LogP) is 5.43. The molecule has 5 heteroatoms. The van der Waals surface area contributed by atoms with Gasteiger partial charge in [-0.05, 0) is 25.0 Å². The molecule has 1 aromatic heterocycles. The van der Waals surface area contributed by atoms with Crippen molar-refractivity contribution in [2.24, 2.45) is 0 Å². The maximum absolute atomic E-state index is 12.1. The highest BCUT2D eigenvalue weighted by molar-refractivity contribution is 5.81. The van der Waals surface area contributed by atoms with Crippen molar-refractivity contribution in [3.63, 3.8) is 0 Å². The lowest BCUT2D eigenvalue weighted by Crippen LogP contribution is -2.12. The van der Waals surface area contributed by atoms with Gasteiger partial charge in [-0.25, -0.2) is 4.98 Å². The summed E-state index contributed by atoms with van der Waals surface area (Å²) in [5.41, 5.74) is 4.76. The minimum Gasteiger partial charge on any atom is -0.496 e. The molecule has 0 saturated carbocycles. The summed E-state index contributed by atoms with van der Waals surface area (Å²) in [7, 11) is 1.63. The van der Waals surface area contributed by atoms with Crippen molar-refractivity contribution in [3.05, 3.63) is 77.7 Å². The number of hydrogen-bond acceptors (Lipinski definition) is 5. The molecule has 168 valence electrons. The average Bonchev–Trinajstić information content (AvgIpc) is 2.83. The van der Waals surface area contributed by atoms with E-state index >= 15 is 0 Å². The van der Waals surface area contributed by atoms with Crippen molar-refractivity contribution in [1.82, 2.24) is 9.97 Å². The zero-order valence-corrected chi connectivity index (χ0v) is 19.2.